The van der Waals surface area contributed by atoms with Crippen molar-refractivity contribution in [1.29, 1.82) is 0 Å². The molecule has 0 aliphatic rings. The average molecular weight is 321 g/mol. The lowest BCUT2D eigenvalue weighted by atomic mass is 10.1. The molecule has 0 rings (SSSR count). The SMILES string of the molecule is CSCC[C@H](NC(=O)[C@@H](N)[C@@H](C)O)C(=O)N[C@@H](C)C(=O)O. The van der Waals surface area contributed by atoms with Gasteiger partial charge in [0, 0.05) is 0 Å². The number of aliphatic hydroxyl groups excluding tert-OH is 1. The van der Waals surface area contributed by atoms with Crippen molar-refractivity contribution < 1.29 is 24.6 Å². The molecule has 0 bridgehead atoms. The van der Waals surface area contributed by atoms with Crippen LogP contribution in [0.3, 0.4) is 0 Å². The summed E-state index contributed by atoms with van der Waals surface area (Å²) in [5, 5.41) is 22.8. The van der Waals surface area contributed by atoms with Gasteiger partial charge in [0.2, 0.25) is 11.8 Å². The summed E-state index contributed by atoms with van der Waals surface area (Å²) in [5.74, 6) is -1.82. The maximum atomic E-state index is 12.0. The maximum absolute atomic E-state index is 12.0. The third-order valence-corrected chi connectivity index (χ3v) is 3.44. The van der Waals surface area contributed by atoms with Gasteiger partial charge < -0.3 is 26.6 Å². The molecule has 21 heavy (non-hydrogen) atoms. The number of thioether (sulfide) groups is 1. The maximum Gasteiger partial charge on any atom is 0.325 e. The van der Waals surface area contributed by atoms with E-state index in [0.29, 0.717) is 12.2 Å². The Kier molecular flexibility index (Phi) is 8.98. The number of amides is 2. The standard InChI is InChI=1S/C12H23N3O5S/c1-6(12(19)20)14-10(17)8(4-5-21-3)15-11(18)9(13)7(2)16/h6-9,16H,4-5,13H2,1-3H3,(H,14,17)(H,15,18)(H,19,20)/t6-,7+,8-,9-/m0/s1. The van der Waals surface area contributed by atoms with Crippen LogP contribution in [0, 0.1) is 0 Å². The third-order valence-electron chi connectivity index (χ3n) is 2.80. The Bertz CT molecular complexity index is 378. The van der Waals surface area contributed by atoms with Gasteiger partial charge in [-0.1, -0.05) is 0 Å². The summed E-state index contributed by atoms with van der Waals surface area (Å²) in [6, 6.07) is -3.10. The minimum atomic E-state index is -1.17. The van der Waals surface area contributed by atoms with Gasteiger partial charge in [-0.05, 0) is 32.3 Å². The minimum Gasteiger partial charge on any atom is -0.480 e. The molecule has 8 nitrogen and oxygen atoms in total. The van der Waals surface area contributed by atoms with Gasteiger partial charge >= 0.3 is 5.97 Å². The molecule has 0 aromatic rings. The summed E-state index contributed by atoms with van der Waals surface area (Å²) in [7, 11) is 0. The molecule has 0 radical (unpaired) electrons. The van der Waals surface area contributed by atoms with E-state index >= 15 is 0 Å². The molecule has 0 heterocycles. The molecule has 0 aromatic heterocycles. The minimum absolute atomic E-state index is 0.331. The molecule has 0 aliphatic heterocycles. The molecule has 0 saturated heterocycles. The van der Waals surface area contributed by atoms with Crippen molar-refractivity contribution in [1.82, 2.24) is 10.6 Å². The fourth-order valence-electron chi connectivity index (χ4n) is 1.37. The summed E-state index contributed by atoms with van der Waals surface area (Å²) in [6.45, 7) is 2.70. The number of nitrogens with one attached hydrogen (secondary N) is 2. The van der Waals surface area contributed by atoms with Gasteiger partial charge in [-0.15, -0.1) is 0 Å². The molecule has 4 atom stereocenters. The summed E-state index contributed by atoms with van der Waals surface area (Å²) in [5.41, 5.74) is 5.49. The Hall–Kier alpha value is -1.32. The molecule has 0 spiro atoms. The number of carboxylic acid groups (broad SMARTS) is 1. The first-order valence-electron chi connectivity index (χ1n) is 6.46. The van der Waals surface area contributed by atoms with E-state index in [2.05, 4.69) is 10.6 Å². The monoisotopic (exact) mass is 321 g/mol. The van der Waals surface area contributed by atoms with Crippen LogP contribution in [0.5, 0.6) is 0 Å². The van der Waals surface area contributed by atoms with Crippen molar-refractivity contribution in [3.63, 3.8) is 0 Å². The van der Waals surface area contributed by atoms with Gasteiger partial charge in [-0.3, -0.25) is 14.4 Å². The summed E-state index contributed by atoms with van der Waals surface area (Å²) >= 11 is 1.49. The summed E-state index contributed by atoms with van der Waals surface area (Å²) in [6.07, 6.45) is 1.13. The lowest BCUT2D eigenvalue weighted by Crippen LogP contribution is -2.56. The zero-order valence-electron chi connectivity index (χ0n) is 12.3. The van der Waals surface area contributed by atoms with Crippen LogP contribution in [0.1, 0.15) is 20.3 Å². The Balaban J connectivity index is 4.74. The van der Waals surface area contributed by atoms with E-state index in [1.807, 2.05) is 6.26 Å². The first-order valence-corrected chi connectivity index (χ1v) is 7.86. The second-order valence-corrected chi connectivity index (χ2v) is 5.66. The summed E-state index contributed by atoms with van der Waals surface area (Å²) < 4.78 is 0. The number of nitrogens with two attached hydrogens (primary N) is 1. The molecule has 9 heteroatoms. The number of aliphatic hydroxyl groups is 1. The Morgan fingerprint density at radius 2 is 1.76 bits per heavy atom. The first-order chi connectivity index (χ1) is 9.70. The highest BCUT2D eigenvalue weighted by molar-refractivity contribution is 7.98. The van der Waals surface area contributed by atoms with Crippen LogP contribution in [-0.2, 0) is 14.4 Å². The number of rotatable bonds is 9. The number of aliphatic carboxylic acids is 1. The van der Waals surface area contributed by atoms with Crippen LogP contribution in [0.25, 0.3) is 0 Å². The highest BCUT2D eigenvalue weighted by Crippen LogP contribution is 2.03. The summed E-state index contributed by atoms with van der Waals surface area (Å²) in [4.78, 5) is 34.5. The fourth-order valence-corrected chi connectivity index (χ4v) is 1.84. The highest BCUT2D eigenvalue weighted by atomic mass is 32.2. The van der Waals surface area contributed by atoms with Gasteiger partial charge in [0.15, 0.2) is 0 Å². The predicted molar refractivity (Wildman–Crippen MR) is 79.8 cm³/mol. The molecule has 2 amide bonds. The van der Waals surface area contributed by atoms with Crippen LogP contribution in [0.4, 0.5) is 0 Å². The normalized spacial score (nSPS) is 16.4. The third kappa shape index (κ3) is 7.30. The molecule has 122 valence electrons. The van der Waals surface area contributed by atoms with Gasteiger partial charge in [-0.25, -0.2) is 0 Å². The zero-order chi connectivity index (χ0) is 16.6. The second kappa shape index (κ2) is 9.59. The first kappa shape index (κ1) is 19.7. The van der Waals surface area contributed by atoms with Gasteiger partial charge in [0.25, 0.3) is 0 Å². The van der Waals surface area contributed by atoms with Crippen LogP contribution in [0.15, 0.2) is 0 Å². The van der Waals surface area contributed by atoms with E-state index in [4.69, 9.17) is 10.8 Å². The van der Waals surface area contributed by atoms with E-state index in [-0.39, 0.29) is 0 Å². The Morgan fingerprint density at radius 1 is 1.19 bits per heavy atom. The number of carboxylic acids is 1. The predicted octanol–water partition coefficient (Wildman–Crippen LogP) is -1.48. The second-order valence-electron chi connectivity index (χ2n) is 4.68. The van der Waals surface area contributed by atoms with Crippen LogP contribution in [0.2, 0.25) is 0 Å². The lowest BCUT2D eigenvalue weighted by molar-refractivity contribution is -0.141. The fraction of sp³-hybridized carbons (Fsp3) is 0.750. The van der Waals surface area contributed by atoms with E-state index in [1.165, 1.54) is 25.6 Å². The van der Waals surface area contributed by atoms with Gasteiger partial charge in [-0.2, -0.15) is 11.8 Å². The van der Waals surface area contributed by atoms with Crippen LogP contribution < -0.4 is 16.4 Å². The lowest BCUT2D eigenvalue weighted by Gasteiger charge is -2.22. The molecular weight excluding hydrogens is 298 g/mol. The molecule has 0 unspecified atom stereocenters. The van der Waals surface area contributed by atoms with Crippen molar-refractivity contribution in [3.8, 4) is 0 Å². The molecule has 0 saturated carbocycles. The molecule has 0 aromatic carbocycles. The van der Waals surface area contributed by atoms with Crippen molar-refractivity contribution >= 4 is 29.5 Å². The van der Waals surface area contributed by atoms with E-state index in [9.17, 15) is 19.5 Å². The molecule has 6 N–H and O–H groups in total. The largest absolute Gasteiger partial charge is 0.480 e. The number of hydrogen-bond donors (Lipinski definition) is 5. The van der Waals surface area contributed by atoms with E-state index in [0.717, 1.165) is 0 Å². The number of hydrogen-bond acceptors (Lipinski definition) is 6. The van der Waals surface area contributed by atoms with E-state index in [1.54, 1.807) is 0 Å². The smallest absolute Gasteiger partial charge is 0.325 e. The van der Waals surface area contributed by atoms with Crippen molar-refractivity contribution in [2.75, 3.05) is 12.0 Å². The zero-order valence-corrected chi connectivity index (χ0v) is 13.1. The quantitative estimate of drug-likeness (QED) is 0.349. The van der Waals surface area contributed by atoms with E-state index < -0.39 is 42.0 Å². The number of carbonyl (C=O) groups excluding carboxylic acids is 2. The average Bonchev–Trinajstić information content (AvgIpc) is 2.41. The topological polar surface area (TPSA) is 142 Å². The molecule has 0 fully saturated rings. The van der Waals surface area contributed by atoms with Crippen molar-refractivity contribution in [2.24, 2.45) is 5.73 Å². The van der Waals surface area contributed by atoms with Crippen LogP contribution >= 0.6 is 11.8 Å². The highest BCUT2D eigenvalue weighted by Gasteiger charge is 2.27. The van der Waals surface area contributed by atoms with Crippen molar-refractivity contribution in [3.05, 3.63) is 0 Å². The number of carbonyl (C=O) groups is 3. The van der Waals surface area contributed by atoms with Crippen molar-refractivity contribution in [2.45, 2.75) is 44.5 Å². The Morgan fingerprint density at radius 3 is 2.19 bits per heavy atom. The Labute approximate surface area is 127 Å². The van der Waals surface area contributed by atoms with Crippen LogP contribution in [-0.4, -0.2) is 64.2 Å². The van der Waals surface area contributed by atoms with Gasteiger partial charge in [0.05, 0.1) is 6.10 Å². The molecular formula is C12H23N3O5S. The van der Waals surface area contributed by atoms with Gasteiger partial charge in [0.1, 0.15) is 18.1 Å². The molecule has 0 aliphatic carbocycles.